The fraction of sp³-hybridized carbons (Fsp3) is 0.312. The number of unbranched alkanes of at least 4 members (excludes halogenated alkanes) is 2. The Morgan fingerprint density at radius 1 is 1.20 bits per heavy atom. The van der Waals surface area contributed by atoms with Gasteiger partial charge in [-0.1, -0.05) is 31.9 Å². The van der Waals surface area contributed by atoms with Gasteiger partial charge in [0.05, 0.1) is 11.8 Å². The van der Waals surface area contributed by atoms with Crippen LogP contribution in [0.5, 0.6) is 0 Å². The first-order valence-corrected chi connectivity index (χ1v) is 7.21. The highest BCUT2D eigenvalue weighted by Gasteiger charge is 2.12. The number of aryl methyl sites for hydroxylation is 1. The Kier molecular flexibility index (Phi) is 5.24. The Hall–Kier alpha value is -1.74. The summed E-state index contributed by atoms with van der Waals surface area (Å²) in [6.07, 6.45) is 6.15. The molecule has 0 fully saturated rings. The summed E-state index contributed by atoms with van der Waals surface area (Å²) in [6.45, 7) is 2.19. The predicted octanol–water partition coefficient (Wildman–Crippen LogP) is 4.92. The number of carbonyl (C=O) groups is 1. The lowest BCUT2D eigenvalue weighted by Gasteiger charge is -2.06. The molecule has 4 heteroatoms. The third kappa shape index (κ3) is 3.87. The molecule has 106 valence electrons. The highest BCUT2D eigenvalue weighted by molar-refractivity contribution is 6.32. The normalized spacial score (nSPS) is 10.5. The maximum absolute atomic E-state index is 11.9. The summed E-state index contributed by atoms with van der Waals surface area (Å²) in [5.41, 5.74) is 2.39. The monoisotopic (exact) mass is 291 g/mol. The number of rotatable bonds is 6. The smallest absolute Gasteiger partial charge is 0.260 e. The summed E-state index contributed by atoms with van der Waals surface area (Å²) in [4.78, 5) is 11.9. The second-order valence-electron chi connectivity index (χ2n) is 4.72. The van der Waals surface area contributed by atoms with Crippen LogP contribution in [-0.4, -0.2) is 5.91 Å². The van der Waals surface area contributed by atoms with E-state index in [-0.39, 0.29) is 11.1 Å². The van der Waals surface area contributed by atoms with Crippen molar-refractivity contribution in [2.45, 2.75) is 32.6 Å². The fourth-order valence-electron chi connectivity index (χ4n) is 1.99. The summed E-state index contributed by atoms with van der Waals surface area (Å²) in [6, 6.07) is 9.46. The molecule has 2 aromatic rings. The maximum Gasteiger partial charge on any atom is 0.260 e. The molecule has 0 radical (unpaired) electrons. The van der Waals surface area contributed by atoms with E-state index in [9.17, 15) is 4.79 Å². The van der Waals surface area contributed by atoms with Gasteiger partial charge in [-0.15, -0.1) is 0 Å². The third-order valence-electron chi connectivity index (χ3n) is 3.14. The molecule has 0 unspecified atom stereocenters. The first-order chi connectivity index (χ1) is 9.70. The van der Waals surface area contributed by atoms with Gasteiger partial charge >= 0.3 is 0 Å². The van der Waals surface area contributed by atoms with Crippen molar-refractivity contribution < 1.29 is 9.21 Å². The van der Waals surface area contributed by atoms with Gasteiger partial charge < -0.3 is 9.73 Å². The van der Waals surface area contributed by atoms with E-state index in [1.54, 1.807) is 6.07 Å². The van der Waals surface area contributed by atoms with Gasteiger partial charge in [0.15, 0.2) is 0 Å². The van der Waals surface area contributed by atoms with E-state index in [1.807, 2.05) is 24.3 Å². The Labute approximate surface area is 123 Å². The molecule has 0 atom stereocenters. The Balaban J connectivity index is 1.93. The molecule has 1 aromatic heterocycles. The lowest BCUT2D eigenvalue weighted by atomic mass is 10.1. The van der Waals surface area contributed by atoms with Crippen molar-refractivity contribution in [3.05, 3.63) is 52.9 Å². The molecule has 0 bridgehead atoms. The zero-order chi connectivity index (χ0) is 14.4. The van der Waals surface area contributed by atoms with Gasteiger partial charge in [0, 0.05) is 5.69 Å². The Morgan fingerprint density at radius 2 is 1.95 bits per heavy atom. The van der Waals surface area contributed by atoms with Crippen molar-refractivity contribution in [3.63, 3.8) is 0 Å². The van der Waals surface area contributed by atoms with Crippen LogP contribution >= 0.6 is 11.6 Å². The molecule has 3 nitrogen and oxygen atoms in total. The molecule has 2 rings (SSSR count). The molecule has 20 heavy (non-hydrogen) atoms. The quantitative estimate of drug-likeness (QED) is 0.768. The van der Waals surface area contributed by atoms with E-state index in [0.29, 0.717) is 5.56 Å². The van der Waals surface area contributed by atoms with Crippen LogP contribution in [0.25, 0.3) is 0 Å². The average molecular weight is 292 g/mol. The molecule has 0 aliphatic rings. The highest BCUT2D eigenvalue weighted by Crippen LogP contribution is 2.19. The van der Waals surface area contributed by atoms with E-state index in [1.165, 1.54) is 31.1 Å². The molecule has 0 saturated carbocycles. The fourth-order valence-corrected chi connectivity index (χ4v) is 2.19. The van der Waals surface area contributed by atoms with Gasteiger partial charge in [-0.2, -0.15) is 0 Å². The van der Waals surface area contributed by atoms with Crippen molar-refractivity contribution in [2.24, 2.45) is 0 Å². The molecule has 0 saturated heterocycles. The SMILES string of the molecule is CCCCCc1ccc(NC(=O)c2ccoc2Cl)cc1. The number of halogens is 1. The van der Waals surface area contributed by atoms with E-state index >= 15 is 0 Å². The first-order valence-electron chi connectivity index (χ1n) is 6.84. The number of hydrogen-bond donors (Lipinski definition) is 1. The van der Waals surface area contributed by atoms with E-state index in [0.717, 1.165) is 12.1 Å². The summed E-state index contributed by atoms with van der Waals surface area (Å²) in [5.74, 6) is -0.262. The van der Waals surface area contributed by atoms with Gasteiger partial charge in [0.1, 0.15) is 0 Å². The molecule has 1 amide bonds. The van der Waals surface area contributed by atoms with E-state index < -0.39 is 0 Å². The lowest BCUT2D eigenvalue weighted by Crippen LogP contribution is -2.11. The Morgan fingerprint density at radius 3 is 2.55 bits per heavy atom. The van der Waals surface area contributed by atoms with Gasteiger partial charge in [0.2, 0.25) is 5.22 Å². The van der Waals surface area contributed by atoms with Crippen molar-refractivity contribution in [3.8, 4) is 0 Å². The summed E-state index contributed by atoms with van der Waals surface area (Å²) in [5, 5.41) is 2.91. The van der Waals surface area contributed by atoms with E-state index in [2.05, 4.69) is 12.2 Å². The molecular weight excluding hydrogens is 274 g/mol. The van der Waals surface area contributed by atoms with Crippen LogP contribution in [-0.2, 0) is 6.42 Å². The number of benzene rings is 1. The lowest BCUT2D eigenvalue weighted by molar-refractivity contribution is 0.102. The van der Waals surface area contributed by atoms with Gasteiger partial charge in [-0.25, -0.2) is 0 Å². The number of nitrogens with one attached hydrogen (secondary N) is 1. The van der Waals surface area contributed by atoms with Crippen molar-refractivity contribution in [2.75, 3.05) is 5.32 Å². The van der Waals surface area contributed by atoms with Gasteiger partial charge in [0.25, 0.3) is 5.91 Å². The second-order valence-corrected chi connectivity index (χ2v) is 5.06. The van der Waals surface area contributed by atoms with Crippen molar-refractivity contribution in [1.29, 1.82) is 0 Å². The Bertz CT molecular complexity index is 560. The summed E-state index contributed by atoms with van der Waals surface area (Å²) in [7, 11) is 0. The van der Waals surface area contributed by atoms with Gasteiger partial charge in [-0.3, -0.25) is 4.79 Å². The number of hydrogen-bond acceptors (Lipinski definition) is 2. The average Bonchev–Trinajstić information content (AvgIpc) is 2.87. The summed E-state index contributed by atoms with van der Waals surface area (Å²) >= 11 is 5.77. The van der Waals surface area contributed by atoms with Crippen LogP contribution in [0, 0.1) is 0 Å². The highest BCUT2D eigenvalue weighted by atomic mass is 35.5. The topological polar surface area (TPSA) is 42.2 Å². The minimum absolute atomic E-state index is 0.110. The van der Waals surface area contributed by atoms with Crippen LogP contribution in [0.4, 0.5) is 5.69 Å². The summed E-state index contributed by atoms with van der Waals surface area (Å²) < 4.78 is 4.90. The maximum atomic E-state index is 11.9. The standard InChI is InChI=1S/C16H18ClNO2/c1-2-3-4-5-12-6-8-13(9-7-12)18-16(19)14-10-11-20-15(14)17/h6-11H,2-5H2,1H3,(H,18,19). The number of carbonyl (C=O) groups excluding carboxylic acids is 1. The number of furan rings is 1. The largest absolute Gasteiger partial charge is 0.452 e. The van der Waals surface area contributed by atoms with Gasteiger partial charge in [-0.05, 0) is 48.2 Å². The molecule has 0 aliphatic carbocycles. The molecule has 1 N–H and O–H groups in total. The zero-order valence-electron chi connectivity index (χ0n) is 11.5. The second kappa shape index (κ2) is 7.15. The third-order valence-corrected chi connectivity index (χ3v) is 3.44. The zero-order valence-corrected chi connectivity index (χ0v) is 12.2. The first kappa shape index (κ1) is 14.7. The molecule has 1 aromatic carbocycles. The number of amides is 1. The minimum Gasteiger partial charge on any atom is -0.452 e. The van der Waals surface area contributed by atoms with Crippen LogP contribution in [0.1, 0.15) is 42.1 Å². The minimum atomic E-state index is -0.262. The molecule has 1 heterocycles. The van der Waals surface area contributed by atoms with Crippen molar-refractivity contribution in [1.82, 2.24) is 0 Å². The molecular formula is C16H18ClNO2. The number of anilines is 1. The van der Waals surface area contributed by atoms with Crippen LogP contribution in [0.15, 0.2) is 41.0 Å². The van der Waals surface area contributed by atoms with Crippen LogP contribution < -0.4 is 5.32 Å². The van der Waals surface area contributed by atoms with Crippen LogP contribution in [0.3, 0.4) is 0 Å². The van der Waals surface area contributed by atoms with Crippen LogP contribution in [0.2, 0.25) is 5.22 Å². The molecule has 0 spiro atoms. The van der Waals surface area contributed by atoms with E-state index in [4.69, 9.17) is 16.0 Å². The molecule has 0 aliphatic heterocycles. The predicted molar refractivity (Wildman–Crippen MR) is 81.3 cm³/mol. The van der Waals surface area contributed by atoms with Crippen molar-refractivity contribution >= 4 is 23.2 Å².